The summed E-state index contributed by atoms with van der Waals surface area (Å²) < 4.78 is 69.3. The number of carbonyl (C=O) groups is 3. The lowest BCUT2D eigenvalue weighted by atomic mass is 9.96. The average Bonchev–Trinajstić information content (AvgIpc) is 3.81. The molecular formula is C50H69Cl2F3N10O7S. The molecule has 3 aromatic rings. The second-order valence-electron chi connectivity index (χ2n) is 19.5. The summed E-state index contributed by atoms with van der Waals surface area (Å²) in [6.07, 6.45) is 9.87. The summed E-state index contributed by atoms with van der Waals surface area (Å²) in [5.74, 6) is -1.78. The molecule has 2 heterocycles. The number of carbonyl (C=O) groups excluding carboxylic acids is 2. The van der Waals surface area contributed by atoms with E-state index in [1.54, 1.807) is 15.9 Å². The molecule has 0 spiro atoms. The normalized spacial score (nSPS) is 18.7. The highest BCUT2D eigenvalue weighted by Gasteiger charge is 2.48. The van der Waals surface area contributed by atoms with E-state index in [1.165, 1.54) is 37.8 Å². The van der Waals surface area contributed by atoms with E-state index < -0.39 is 27.7 Å². The molecule has 23 heteroatoms. The number of amides is 2. The Morgan fingerprint density at radius 2 is 1.55 bits per heavy atom. The second kappa shape index (κ2) is 25.9. The van der Waals surface area contributed by atoms with Crippen molar-refractivity contribution in [2.45, 2.75) is 164 Å². The van der Waals surface area contributed by atoms with Gasteiger partial charge in [-0.05, 0) is 95.0 Å². The van der Waals surface area contributed by atoms with Gasteiger partial charge in [0.2, 0.25) is 21.8 Å². The van der Waals surface area contributed by atoms with Crippen molar-refractivity contribution in [3.8, 4) is 5.75 Å². The largest absolute Gasteiger partial charge is 0.490 e. The molecule has 1 saturated heterocycles. The topological polar surface area (TPSA) is 247 Å². The molecule has 2 aromatic carbocycles. The van der Waals surface area contributed by atoms with Gasteiger partial charge < -0.3 is 41.7 Å². The lowest BCUT2D eigenvalue weighted by Gasteiger charge is -2.40. The van der Waals surface area contributed by atoms with Crippen LogP contribution >= 0.6 is 23.2 Å². The molecule has 3 aliphatic carbocycles. The maximum atomic E-state index is 14.5. The number of hydrogen-bond acceptors (Lipinski definition) is 9. The Balaban J connectivity index is 0.00000116. The Kier molecular flexibility index (Phi) is 20.3. The molecule has 0 unspecified atom stereocenters. The minimum absolute atomic E-state index is 0.0533. The number of aliphatic carboxylic acids is 1. The molecule has 1 aliphatic heterocycles. The molecule has 4 aliphatic rings. The highest BCUT2D eigenvalue weighted by molar-refractivity contribution is 7.89. The van der Waals surface area contributed by atoms with Crippen LogP contribution in [0.3, 0.4) is 0 Å². The average molecular weight is 1080 g/mol. The Hall–Kier alpha value is -5.12. The van der Waals surface area contributed by atoms with Crippen LogP contribution in [0.4, 0.5) is 13.2 Å². The predicted molar refractivity (Wildman–Crippen MR) is 276 cm³/mol. The van der Waals surface area contributed by atoms with Crippen LogP contribution in [0.15, 0.2) is 51.3 Å². The monoisotopic (exact) mass is 1080 g/mol. The maximum absolute atomic E-state index is 14.5. The summed E-state index contributed by atoms with van der Waals surface area (Å²) in [5, 5.41) is 14.9. The molecule has 0 bridgehead atoms. The third-order valence-electron chi connectivity index (χ3n) is 13.9. The predicted octanol–water partition coefficient (Wildman–Crippen LogP) is 7.65. The Morgan fingerprint density at radius 3 is 2.19 bits per heavy atom. The molecule has 1 atom stereocenters. The van der Waals surface area contributed by atoms with Gasteiger partial charge in [0.1, 0.15) is 28.3 Å². The SMILES string of the molecule is Cc1cc(C)c2cccc(OCc3c(Cl)ccc(S(=O)(=O)NC4(C(=O)N5CCN(C(=O)C[C@H](CCCN=C(N)NC6CCCCC6)NC(N)=NC6CCCCC6)CC5)CCCC4)c3Cl)c2n1.O=C(O)C(F)(F)F. The van der Waals surface area contributed by atoms with E-state index in [1.807, 2.05) is 32.0 Å². The van der Waals surface area contributed by atoms with Crippen LogP contribution in [0.25, 0.3) is 10.9 Å². The zero-order valence-corrected chi connectivity index (χ0v) is 43.9. The van der Waals surface area contributed by atoms with Crippen LogP contribution in [-0.4, -0.2) is 121 Å². The summed E-state index contributed by atoms with van der Waals surface area (Å²) in [6.45, 7) is 5.50. The first kappa shape index (κ1) is 57.2. The molecular weight excluding hydrogens is 1010 g/mol. The number of pyridine rings is 1. The number of nitrogens with two attached hydrogens (primary N) is 2. The van der Waals surface area contributed by atoms with Crippen LogP contribution in [-0.2, 0) is 31.0 Å². The van der Waals surface area contributed by atoms with Gasteiger partial charge in [0.15, 0.2) is 11.9 Å². The lowest BCUT2D eigenvalue weighted by Crippen LogP contribution is -2.61. The Morgan fingerprint density at radius 1 is 0.918 bits per heavy atom. The van der Waals surface area contributed by atoms with Crippen molar-refractivity contribution in [2.75, 3.05) is 32.7 Å². The number of rotatable bonds is 16. The van der Waals surface area contributed by atoms with Crippen molar-refractivity contribution in [1.82, 2.24) is 30.1 Å². The molecule has 73 heavy (non-hydrogen) atoms. The zero-order chi connectivity index (χ0) is 52.9. The molecule has 402 valence electrons. The number of hydrogen-bond donors (Lipinski definition) is 6. The molecule has 1 aromatic heterocycles. The van der Waals surface area contributed by atoms with E-state index >= 15 is 0 Å². The number of halogens is 5. The van der Waals surface area contributed by atoms with Crippen molar-refractivity contribution in [3.63, 3.8) is 0 Å². The summed E-state index contributed by atoms with van der Waals surface area (Å²) in [7, 11) is -4.33. The summed E-state index contributed by atoms with van der Waals surface area (Å²) in [6, 6.07) is 10.8. The molecule has 0 radical (unpaired) electrons. The number of ether oxygens (including phenoxy) is 1. The first-order valence-electron chi connectivity index (χ1n) is 25.2. The van der Waals surface area contributed by atoms with Gasteiger partial charge in [-0.1, -0.05) is 86.7 Å². The molecule has 17 nitrogen and oxygen atoms in total. The Labute approximate surface area is 435 Å². The van der Waals surface area contributed by atoms with Gasteiger partial charge >= 0.3 is 12.1 Å². The minimum Gasteiger partial charge on any atom is -0.487 e. The number of aliphatic imine (C=N–C) groups is 2. The van der Waals surface area contributed by atoms with Gasteiger partial charge in [-0.15, -0.1) is 0 Å². The number of fused-ring (bicyclic) bond motifs is 1. The van der Waals surface area contributed by atoms with Crippen LogP contribution in [0, 0.1) is 13.8 Å². The number of carboxylic acids is 1. The Bertz CT molecular complexity index is 2580. The quantitative estimate of drug-likeness (QED) is 0.0460. The fraction of sp³-hybridized carbons (Fsp3) is 0.600. The van der Waals surface area contributed by atoms with E-state index in [9.17, 15) is 31.2 Å². The number of nitrogens with zero attached hydrogens (tertiary/aromatic N) is 5. The zero-order valence-electron chi connectivity index (χ0n) is 41.5. The van der Waals surface area contributed by atoms with Crippen LogP contribution in [0.5, 0.6) is 5.75 Å². The van der Waals surface area contributed by atoms with Crippen LogP contribution in [0.2, 0.25) is 10.0 Å². The van der Waals surface area contributed by atoms with Gasteiger partial charge in [-0.3, -0.25) is 19.6 Å². The van der Waals surface area contributed by atoms with E-state index in [2.05, 4.69) is 25.3 Å². The van der Waals surface area contributed by atoms with Gasteiger partial charge in [-0.25, -0.2) is 18.2 Å². The highest BCUT2D eigenvalue weighted by atomic mass is 35.5. The first-order chi connectivity index (χ1) is 34.7. The molecule has 7 rings (SSSR count). The number of carboxylic acid groups (broad SMARTS) is 1. The van der Waals surface area contributed by atoms with E-state index in [0.29, 0.717) is 92.9 Å². The summed E-state index contributed by atoms with van der Waals surface area (Å²) >= 11 is 13.5. The number of aromatic nitrogens is 1. The molecule has 2 amide bonds. The second-order valence-corrected chi connectivity index (χ2v) is 21.9. The van der Waals surface area contributed by atoms with E-state index in [-0.39, 0.29) is 65.0 Å². The van der Waals surface area contributed by atoms with Crippen LogP contribution in [0.1, 0.15) is 126 Å². The number of alkyl halides is 3. The minimum atomic E-state index is -5.08. The maximum Gasteiger partial charge on any atom is 0.490 e. The fourth-order valence-corrected chi connectivity index (χ4v) is 12.4. The molecule has 8 N–H and O–H groups in total. The van der Waals surface area contributed by atoms with Crippen molar-refractivity contribution >= 4 is 73.8 Å². The first-order valence-corrected chi connectivity index (χ1v) is 27.4. The third kappa shape index (κ3) is 15.9. The number of guanidine groups is 2. The van der Waals surface area contributed by atoms with Crippen LogP contribution < -0.4 is 31.6 Å². The van der Waals surface area contributed by atoms with Crippen molar-refractivity contribution in [1.29, 1.82) is 0 Å². The number of piperazine rings is 1. The molecule has 4 fully saturated rings. The van der Waals surface area contributed by atoms with Gasteiger partial charge in [0.05, 0.1) is 11.1 Å². The summed E-state index contributed by atoms with van der Waals surface area (Å²) in [4.78, 5) is 54.5. The van der Waals surface area contributed by atoms with Crippen molar-refractivity contribution < 1.29 is 45.8 Å². The number of nitrogens with one attached hydrogen (secondary N) is 3. The van der Waals surface area contributed by atoms with E-state index in [0.717, 1.165) is 55.2 Å². The summed E-state index contributed by atoms with van der Waals surface area (Å²) in [5.41, 5.74) is 14.2. The van der Waals surface area contributed by atoms with Gasteiger partial charge in [0.25, 0.3) is 0 Å². The number of aryl methyl sites for hydroxylation is 2. The smallest absolute Gasteiger partial charge is 0.487 e. The van der Waals surface area contributed by atoms with Gasteiger partial charge in [-0.2, -0.15) is 17.9 Å². The van der Waals surface area contributed by atoms with Gasteiger partial charge in [0, 0.05) is 72.9 Å². The highest BCUT2D eigenvalue weighted by Crippen LogP contribution is 2.38. The number of sulfonamides is 1. The van der Waals surface area contributed by atoms with Crippen molar-refractivity contribution in [2.24, 2.45) is 21.5 Å². The lowest BCUT2D eigenvalue weighted by molar-refractivity contribution is -0.192. The standard InChI is InChI=1S/C48H68Cl2N10O5S.C2HF3O2/c1-32-29-33(2)54-44-37(32)18-11-19-40(44)65-31-38-39(49)20-21-41(43(38)50)66(63,64)58-48(22-9-10-23-48)45(62)60-27-25-59(26-28-60)42(61)30-36(57-47(52)56-35-15-7-4-8-16-35)17-12-24-53-46(51)55-34-13-5-3-6-14-34;3-2(4,5)1(6)7/h11,18-21,29,34-36,58H,3-10,12-17,22-28,30-31H2,1-2H3,(H3,51,53,55)(H3,52,56,57);(H,6,7)/t36-;/m0./s1. The van der Waals surface area contributed by atoms with E-state index in [4.69, 9.17) is 54.3 Å². The number of para-hydroxylation sites is 1. The number of benzene rings is 2. The fourth-order valence-electron chi connectivity index (χ4n) is 10.1. The van der Waals surface area contributed by atoms with Crippen molar-refractivity contribution in [3.05, 3.63) is 63.3 Å². The molecule has 3 saturated carbocycles. The third-order valence-corrected chi connectivity index (χ3v) is 16.4.